The van der Waals surface area contributed by atoms with E-state index in [0.29, 0.717) is 22.7 Å². The summed E-state index contributed by atoms with van der Waals surface area (Å²) in [7, 11) is 1.45. The predicted molar refractivity (Wildman–Crippen MR) is 114 cm³/mol. The lowest BCUT2D eigenvalue weighted by Gasteiger charge is -2.10. The van der Waals surface area contributed by atoms with Gasteiger partial charge >= 0.3 is 5.97 Å². The number of nitrogens with one attached hydrogen (secondary N) is 1. The van der Waals surface area contributed by atoms with Crippen LogP contribution in [0.25, 0.3) is 22.7 Å². The van der Waals surface area contributed by atoms with E-state index in [1.165, 1.54) is 31.4 Å². The molecule has 1 aromatic heterocycles. The second-order valence-corrected chi connectivity index (χ2v) is 6.58. The maximum Gasteiger partial charge on any atom is 0.343 e. The van der Waals surface area contributed by atoms with E-state index in [-0.39, 0.29) is 11.3 Å². The van der Waals surface area contributed by atoms with Crippen molar-refractivity contribution in [2.75, 3.05) is 7.11 Å². The highest BCUT2D eigenvalue weighted by molar-refractivity contribution is 5.92. The number of imidazole rings is 1. The summed E-state index contributed by atoms with van der Waals surface area (Å²) < 4.78 is 23.8. The zero-order chi connectivity index (χ0) is 21.8. The molecule has 0 aliphatic rings. The van der Waals surface area contributed by atoms with Gasteiger partial charge in [-0.3, -0.25) is 0 Å². The van der Waals surface area contributed by atoms with Crippen LogP contribution >= 0.6 is 0 Å². The van der Waals surface area contributed by atoms with Crippen LogP contribution in [-0.4, -0.2) is 23.0 Å². The van der Waals surface area contributed by atoms with E-state index >= 15 is 0 Å². The molecule has 4 aromatic rings. The van der Waals surface area contributed by atoms with Crippen LogP contribution < -0.4 is 9.47 Å². The number of fused-ring (bicyclic) bond motifs is 1. The lowest BCUT2D eigenvalue weighted by Crippen LogP contribution is -2.09. The molecule has 0 atom stereocenters. The maximum atomic E-state index is 13.0. The number of rotatable bonds is 5. The van der Waals surface area contributed by atoms with E-state index in [2.05, 4.69) is 16.0 Å². The first kappa shape index (κ1) is 19.9. The van der Waals surface area contributed by atoms with E-state index in [9.17, 15) is 14.4 Å². The molecule has 0 unspecified atom stereocenters. The van der Waals surface area contributed by atoms with Crippen LogP contribution in [0.4, 0.5) is 4.39 Å². The number of para-hydroxylation sites is 2. The van der Waals surface area contributed by atoms with Crippen LogP contribution in [0, 0.1) is 17.1 Å². The lowest BCUT2D eigenvalue weighted by molar-refractivity contribution is 0.0729. The van der Waals surface area contributed by atoms with Crippen LogP contribution in [0.1, 0.15) is 21.7 Å². The van der Waals surface area contributed by atoms with Gasteiger partial charge in [-0.05, 0) is 60.2 Å². The summed E-state index contributed by atoms with van der Waals surface area (Å²) in [5.74, 6) is -0.110. The first-order valence-corrected chi connectivity index (χ1v) is 9.30. The number of methoxy groups -OCH3 is 1. The van der Waals surface area contributed by atoms with Gasteiger partial charge in [-0.1, -0.05) is 18.2 Å². The third-order valence-corrected chi connectivity index (χ3v) is 4.55. The Morgan fingerprint density at radius 3 is 2.58 bits per heavy atom. The van der Waals surface area contributed by atoms with Gasteiger partial charge in [0.05, 0.1) is 29.3 Å². The molecule has 0 radical (unpaired) electrons. The van der Waals surface area contributed by atoms with Crippen LogP contribution in [0.3, 0.4) is 0 Å². The molecule has 4 rings (SSSR count). The molecule has 6 nitrogen and oxygen atoms in total. The van der Waals surface area contributed by atoms with E-state index in [1.54, 1.807) is 24.3 Å². The summed E-state index contributed by atoms with van der Waals surface area (Å²) in [5, 5.41) is 9.61. The SMILES string of the molecule is COc1cc(C=C(C#N)c2nc3ccccc3[nH]2)ccc1OC(=O)c1ccc(F)cc1. The molecule has 0 saturated heterocycles. The van der Waals surface area contributed by atoms with Crippen molar-refractivity contribution < 1.29 is 18.7 Å². The molecule has 1 N–H and O–H groups in total. The standard InChI is InChI=1S/C24H16FN3O3/c1-30-22-13-15(6-11-21(22)31-24(29)16-7-9-18(25)10-8-16)12-17(14-26)23-27-19-4-2-3-5-20(19)28-23/h2-13H,1H3,(H,27,28). The maximum absolute atomic E-state index is 13.0. The van der Waals surface area contributed by atoms with E-state index in [0.717, 1.165) is 11.0 Å². The number of halogens is 1. The van der Waals surface area contributed by atoms with Crippen LogP contribution in [0.15, 0.2) is 66.7 Å². The quantitative estimate of drug-likeness (QED) is 0.283. The van der Waals surface area contributed by atoms with Gasteiger partial charge in [0.2, 0.25) is 0 Å². The fraction of sp³-hybridized carbons (Fsp3) is 0.0417. The Balaban J connectivity index is 1.61. The number of aromatic nitrogens is 2. The van der Waals surface area contributed by atoms with Gasteiger partial charge < -0.3 is 14.5 Å². The molecule has 0 aliphatic heterocycles. The Labute approximate surface area is 177 Å². The lowest BCUT2D eigenvalue weighted by atomic mass is 10.1. The number of esters is 1. The zero-order valence-corrected chi connectivity index (χ0v) is 16.4. The Morgan fingerprint density at radius 1 is 1.10 bits per heavy atom. The minimum Gasteiger partial charge on any atom is -0.493 e. The minimum atomic E-state index is -0.637. The average molecular weight is 413 g/mol. The third kappa shape index (κ3) is 4.28. The molecule has 0 saturated carbocycles. The fourth-order valence-electron chi connectivity index (χ4n) is 3.00. The number of aromatic amines is 1. The highest BCUT2D eigenvalue weighted by atomic mass is 19.1. The summed E-state index contributed by atoms with van der Waals surface area (Å²) in [5.41, 5.74) is 2.81. The fourth-order valence-corrected chi connectivity index (χ4v) is 3.00. The highest BCUT2D eigenvalue weighted by Gasteiger charge is 2.14. The number of benzene rings is 3. The van der Waals surface area contributed by atoms with Crippen molar-refractivity contribution >= 4 is 28.7 Å². The van der Waals surface area contributed by atoms with Crippen molar-refractivity contribution in [3.63, 3.8) is 0 Å². The van der Waals surface area contributed by atoms with Gasteiger partial charge in [0.15, 0.2) is 11.5 Å². The van der Waals surface area contributed by atoms with Crippen molar-refractivity contribution in [1.29, 1.82) is 5.26 Å². The van der Waals surface area contributed by atoms with Gasteiger partial charge in [-0.2, -0.15) is 5.26 Å². The number of allylic oxidation sites excluding steroid dienone is 1. The first-order chi connectivity index (χ1) is 15.1. The Kier molecular flexibility index (Phi) is 5.45. The largest absolute Gasteiger partial charge is 0.493 e. The van der Waals surface area contributed by atoms with Gasteiger partial charge in [0.1, 0.15) is 17.7 Å². The van der Waals surface area contributed by atoms with Crippen molar-refractivity contribution in [2.24, 2.45) is 0 Å². The molecule has 1 heterocycles. The third-order valence-electron chi connectivity index (χ3n) is 4.55. The second kappa shape index (κ2) is 8.51. The number of nitriles is 1. The Morgan fingerprint density at radius 2 is 1.87 bits per heavy atom. The van der Waals surface area contributed by atoms with Gasteiger partial charge in [-0.25, -0.2) is 14.2 Å². The highest BCUT2D eigenvalue weighted by Crippen LogP contribution is 2.30. The van der Waals surface area contributed by atoms with Gasteiger partial charge in [-0.15, -0.1) is 0 Å². The summed E-state index contributed by atoms with van der Waals surface area (Å²) in [4.78, 5) is 19.9. The molecule has 152 valence electrons. The molecule has 0 spiro atoms. The van der Waals surface area contributed by atoms with Crippen LogP contribution in [0.5, 0.6) is 11.5 Å². The van der Waals surface area contributed by atoms with Crippen molar-refractivity contribution in [1.82, 2.24) is 9.97 Å². The summed E-state index contributed by atoms with van der Waals surface area (Å²) >= 11 is 0. The monoisotopic (exact) mass is 413 g/mol. The number of H-pyrrole nitrogens is 1. The minimum absolute atomic E-state index is 0.205. The Hall–Kier alpha value is -4.44. The number of nitrogens with zero attached hydrogens (tertiary/aromatic N) is 2. The average Bonchev–Trinajstić information content (AvgIpc) is 3.22. The molecule has 0 fully saturated rings. The van der Waals surface area contributed by atoms with E-state index < -0.39 is 11.8 Å². The molecule has 31 heavy (non-hydrogen) atoms. The predicted octanol–water partition coefficient (Wildman–Crippen LogP) is 4.99. The summed E-state index contributed by atoms with van der Waals surface area (Å²) in [6.07, 6.45) is 1.66. The molecule has 3 aromatic carbocycles. The number of hydrogen-bond acceptors (Lipinski definition) is 5. The summed E-state index contributed by atoms with van der Waals surface area (Å²) in [6.45, 7) is 0. The summed E-state index contributed by atoms with van der Waals surface area (Å²) in [6, 6.07) is 19.6. The number of carbonyl (C=O) groups excluding carboxylic acids is 1. The van der Waals surface area contributed by atoms with Gasteiger partial charge in [0, 0.05) is 0 Å². The molecule has 0 aliphatic carbocycles. The zero-order valence-electron chi connectivity index (χ0n) is 16.4. The van der Waals surface area contributed by atoms with Crippen molar-refractivity contribution in [2.45, 2.75) is 0 Å². The molecular formula is C24H16FN3O3. The van der Waals surface area contributed by atoms with Crippen molar-refractivity contribution in [3.05, 3.63) is 89.5 Å². The number of ether oxygens (including phenoxy) is 2. The molecule has 0 bridgehead atoms. The van der Waals surface area contributed by atoms with Crippen LogP contribution in [-0.2, 0) is 0 Å². The first-order valence-electron chi connectivity index (χ1n) is 9.30. The van der Waals surface area contributed by atoms with Crippen LogP contribution in [0.2, 0.25) is 0 Å². The van der Waals surface area contributed by atoms with Crippen molar-refractivity contribution in [3.8, 4) is 17.6 Å². The number of hydrogen-bond donors (Lipinski definition) is 1. The van der Waals surface area contributed by atoms with Gasteiger partial charge in [0.25, 0.3) is 0 Å². The number of carbonyl (C=O) groups is 1. The molecular weight excluding hydrogens is 397 g/mol. The second-order valence-electron chi connectivity index (χ2n) is 6.58. The van der Waals surface area contributed by atoms with E-state index in [1.807, 2.05) is 24.3 Å². The normalized spacial score (nSPS) is 11.2. The Bertz CT molecular complexity index is 1300. The topological polar surface area (TPSA) is 88.0 Å². The van der Waals surface area contributed by atoms with E-state index in [4.69, 9.17) is 9.47 Å². The molecule has 7 heteroatoms. The molecule has 0 amide bonds. The smallest absolute Gasteiger partial charge is 0.343 e.